The number of anilines is 2. The fourth-order valence-electron chi connectivity index (χ4n) is 3.08. The molecule has 25 heavy (non-hydrogen) atoms. The third-order valence-electron chi connectivity index (χ3n) is 4.35. The van der Waals surface area contributed by atoms with Gasteiger partial charge in [-0.15, -0.1) is 0 Å². The molecule has 0 saturated heterocycles. The predicted octanol–water partition coefficient (Wildman–Crippen LogP) is 5.50. The van der Waals surface area contributed by atoms with Crippen molar-refractivity contribution in [1.29, 1.82) is 0 Å². The Hall–Kier alpha value is -3.14. The van der Waals surface area contributed by atoms with E-state index in [0.717, 1.165) is 39.5 Å². The molecular formula is C21H18FN3. The van der Waals surface area contributed by atoms with Crippen LogP contribution < -0.4 is 5.32 Å². The van der Waals surface area contributed by atoms with Crippen molar-refractivity contribution in [2.75, 3.05) is 5.32 Å². The Bertz CT molecular complexity index is 1050. The Kier molecular flexibility index (Phi) is 3.73. The summed E-state index contributed by atoms with van der Waals surface area (Å²) in [6, 6.07) is 18.6. The number of para-hydroxylation sites is 1. The van der Waals surface area contributed by atoms with Crippen molar-refractivity contribution < 1.29 is 4.39 Å². The van der Waals surface area contributed by atoms with Crippen molar-refractivity contribution in [1.82, 2.24) is 9.38 Å². The summed E-state index contributed by atoms with van der Waals surface area (Å²) >= 11 is 0. The minimum Gasteiger partial charge on any atom is -0.339 e. The number of aryl methyl sites for hydroxylation is 2. The monoisotopic (exact) mass is 331 g/mol. The second-order valence-corrected chi connectivity index (χ2v) is 6.14. The summed E-state index contributed by atoms with van der Waals surface area (Å²) in [6.45, 7) is 4.14. The van der Waals surface area contributed by atoms with Crippen LogP contribution in [0, 0.1) is 19.7 Å². The van der Waals surface area contributed by atoms with Gasteiger partial charge in [0.2, 0.25) is 0 Å². The van der Waals surface area contributed by atoms with Crippen LogP contribution >= 0.6 is 0 Å². The van der Waals surface area contributed by atoms with Gasteiger partial charge in [-0.05, 0) is 49.2 Å². The molecule has 4 heteroatoms. The van der Waals surface area contributed by atoms with Gasteiger partial charge >= 0.3 is 0 Å². The maximum absolute atomic E-state index is 13.7. The summed E-state index contributed by atoms with van der Waals surface area (Å²) < 4.78 is 15.7. The molecule has 1 N–H and O–H groups in total. The normalized spacial score (nSPS) is 11.0. The van der Waals surface area contributed by atoms with Gasteiger partial charge in [0.05, 0.1) is 0 Å². The van der Waals surface area contributed by atoms with Crippen LogP contribution in [0.4, 0.5) is 15.9 Å². The molecule has 3 nitrogen and oxygen atoms in total. The highest BCUT2D eigenvalue weighted by Crippen LogP contribution is 2.33. The number of hydrogen-bond donors (Lipinski definition) is 1. The van der Waals surface area contributed by atoms with Gasteiger partial charge in [-0.2, -0.15) is 0 Å². The maximum Gasteiger partial charge on any atom is 0.143 e. The lowest BCUT2D eigenvalue weighted by Crippen LogP contribution is -2.00. The Morgan fingerprint density at radius 2 is 1.68 bits per heavy atom. The molecule has 0 saturated carbocycles. The molecule has 0 aliphatic rings. The molecule has 124 valence electrons. The summed E-state index contributed by atoms with van der Waals surface area (Å²) in [7, 11) is 0. The Labute approximate surface area is 145 Å². The van der Waals surface area contributed by atoms with E-state index >= 15 is 0 Å². The lowest BCUT2D eigenvalue weighted by Gasteiger charge is -2.14. The molecule has 0 atom stereocenters. The molecule has 2 aromatic heterocycles. The smallest absolute Gasteiger partial charge is 0.143 e. The van der Waals surface area contributed by atoms with E-state index in [1.54, 1.807) is 6.07 Å². The zero-order valence-corrected chi connectivity index (χ0v) is 14.1. The van der Waals surface area contributed by atoms with Crippen LogP contribution in [-0.4, -0.2) is 9.38 Å². The third-order valence-corrected chi connectivity index (χ3v) is 4.35. The van der Waals surface area contributed by atoms with Gasteiger partial charge in [0.15, 0.2) is 0 Å². The Morgan fingerprint density at radius 1 is 0.920 bits per heavy atom. The van der Waals surface area contributed by atoms with Crippen molar-refractivity contribution >= 4 is 17.2 Å². The summed E-state index contributed by atoms with van der Waals surface area (Å²) in [5.74, 6) is 0.561. The van der Waals surface area contributed by atoms with Crippen LogP contribution in [0.5, 0.6) is 0 Å². The summed E-state index contributed by atoms with van der Waals surface area (Å²) in [4.78, 5) is 4.71. The molecule has 2 aromatic carbocycles. The van der Waals surface area contributed by atoms with E-state index in [2.05, 4.69) is 31.3 Å². The maximum atomic E-state index is 13.7. The largest absolute Gasteiger partial charge is 0.339 e. The van der Waals surface area contributed by atoms with Gasteiger partial charge in [-0.1, -0.05) is 36.4 Å². The van der Waals surface area contributed by atoms with E-state index in [1.165, 1.54) is 12.1 Å². The van der Waals surface area contributed by atoms with Gasteiger partial charge in [0, 0.05) is 17.4 Å². The van der Waals surface area contributed by atoms with E-state index in [0.29, 0.717) is 0 Å². The number of aromatic nitrogens is 2. The molecular weight excluding hydrogens is 313 g/mol. The van der Waals surface area contributed by atoms with E-state index in [9.17, 15) is 4.39 Å². The first kappa shape index (κ1) is 15.4. The molecule has 0 aliphatic carbocycles. The van der Waals surface area contributed by atoms with E-state index < -0.39 is 0 Å². The first-order valence-electron chi connectivity index (χ1n) is 8.20. The highest BCUT2D eigenvalue weighted by molar-refractivity contribution is 5.81. The predicted molar refractivity (Wildman–Crippen MR) is 99.8 cm³/mol. The quantitative estimate of drug-likeness (QED) is 0.537. The van der Waals surface area contributed by atoms with Gasteiger partial charge < -0.3 is 5.32 Å². The third kappa shape index (κ3) is 2.76. The molecule has 0 spiro atoms. The Morgan fingerprint density at radius 3 is 2.44 bits per heavy atom. The van der Waals surface area contributed by atoms with Gasteiger partial charge in [0.1, 0.15) is 23.0 Å². The summed E-state index contributed by atoms with van der Waals surface area (Å²) in [5.41, 5.74) is 5.64. The second kappa shape index (κ2) is 6.06. The standard InChI is InChI=1S/C21H18FN3/c1-14-7-5-8-15(2)19(14)24-21-20(16-9-6-10-17(22)13-16)23-18-11-3-4-12-25(18)21/h3-13,24H,1-2H3. The number of pyridine rings is 1. The molecule has 0 bridgehead atoms. The van der Waals surface area contributed by atoms with Gasteiger partial charge in [-0.3, -0.25) is 4.40 Å². The topological polar surface area (TPSA) is 29.3 Å². The number of hydrogen-bond acceptors (Lipinski definition) is 2. The molecule has 0 radical (unpaired) electrons. The van der Waals surface area contributed by atoms with E-state index in [-0.39, 0.29) is 5.82 Å². The molecule has 0 unspecified atom stereocenters. The minimum absolute atomic E-state index is 0.271. The molecule has 2 heterocycles. The van der Waals surface area contributed by atoms with Crippen LogP contribution in [0.1, 0.15) is 11.1 Å². The zero-order chi connectivity index (χ0) is 17.4. The van der Waals surface area contributed by atoms with Crippen molar-refractivity contribution in [2.24, 2.45) is 0 Å². The first-order chi connectivity index (χ1) is 12.1. The molecule has 4 rings (SSSR count). The SMILES string of the molecule is Cc1cccc(C)c1Nc1c(-c2cccc(F)c2)nc2ccccn12. The van der Waals surface area contributed by atoms with Crippen LogP contribution in [0.25, 0.3) is 16.9 Å². The van der Waals surface area contributed by atoms with Crippen LogP contribution in [0.2, 0.25) is 0 Å². The van der Waals surface area contributed by atoms with Crippen molar-refractivity contribution in [2.45, 2.75) is 13.8 Å². The van der Waals surface area contributed by atoms with Crippen molar-refractivity contribution in [3.8, 4) is 11.3 Å². The number of rotatable bonds is 3. The van der Waals surface area contributed by atoms with Crippen molar-refractivity contribution in [3.05, 3.63) is 83.8 Å². The molecule has 4 aromatic rings. The second-order valence-electron chi connectivity index (χ2n) is 6.14. The number of nitrogens with zero attached hydrogens (tertiary/aromatic N) is 2. The van der Waals surface area contributed by atoms with Crippen LogP contribution in [-0.2, 0) is 0 Å². The number of halogens is 1. The molecule has 0 amide bonds. The Balaban J connectivity index is 1.94. The number of nitrogens with one attached hydrogen (secondary N) is 1. The fraction of sp³-hybridized carbons (Fsp3) is 0.0952. The van der Waals surface area contributed by atoms with Crippen molar-refractivity contribution in [3.63, 3.8) is 0 Å². The van der Waals surface area contributed by atoms with E-state index in [4.69, 9.17) is 4.98 Å². The van der Waals surface area contributed by atoms with Crippen LogP contribution in [0.15, 0.2) is 66.9 Å². The first-order valence-corrected chi connectivity index (χ1v) is 8.20. The number of imidazole rings is 1. The lowest BCUT2D eigenvalue weighted by molar-refractivity contribution is 0.628. The van der Waals surface area contributed by atoms with Gasteiger partial charge in [0.25, 0.3) is 0 Å². The summed E-state index contributed by atoms with van der Waals surface area (Å²) in [6.07, 6.45) is 1.96. The minimum atomic E-state index is -0.271. The number of benzene rings is 2. The highest BCUT2D eigenvalue weighted by Gasteiger charge is 2.16. The average Bonchev–Trinajstić information content (AvgIpc) is 2.97. The number of fused-ring (bicyclic) bond motifs is 1. The van der Waals surface area contributed by atoms with Gasteiger partial charge in [-0.25, -0.2) is 9.37 Å². The van der Waals surface area contributed by atoms with E-state index in [1.807, 2.05) is 40.9 Å². The fourth-order valence-corrected chi connectivity index (χ4v) is 3.08. The van der Waals surface area contributed by atoms with Crippen LogP contribution in [0.3, 0.4) is 0 Å². The molecule has 0 fully saturated rings. The average molecular weight is 331 g/mol. The highest BCUT2D eigenvalue weighted by atomic mass is 19.1. The lowest BCUT2D eigenvalue weighted by atomic mass is 10.1. The molecule has 0 aliphatic heterocycles. The zero-order valence-electron chi connectivity index (χ0n) is 14.1. The summed E-state index contributed by atoms with van der Waals surface area (Å²) in [5, 5.41) is 3.53.